The molecule has 0 aliphatic rings. The van der Waals surface area contributed by atoms with Gasteiger partial charge < -0.3 is 15.0 Å². The van der Waals surface area contributed by atoms with E-state index < -0.39 is 28.5 Å². The molecule has 2 amide bonds. The summed E-state index contributed by atoms with van der Waals surface area (Å²) in [5.41, 5.74) is 1.06. The molecule has 1 atom stereocenters. The van der Waals surface area contributed by atoms with Gasteiger partial charge in [-0.25, -0.2) is 8.42 Å². The molecule has 1 N–H and O–H groups in total. The van der Waals surface area contributed by atoms with E-state index in [0.29, 0.717) is 18.7 Å². The SMILES string of the molecule is CCCNC(=O)[C@H](CC)N(Cc1ccccc1)C(=O)CN(c1ccccc1OC)S(=O)(=O)c1ccccc1. The Bertz CT molecular complexity index is 1300. The maximum absolute atomic E-state index is 14.0. The third kappa shape index (κ3) is 6.92. The Morgan fingerprint density at radius 2 is 1.50 bits per heavy atom. The number of nitrogens with one attached hydrogen (secondary N) is 1. The van der Waals surface area contributed by atoms with E-state index in [1.165, 1.54) is 24.1 Å². The summed E-state index contributed by atoms with van der Waals surface area (Å²) in [6, 6.07) is 23.2. The molecule has 0 spiro atoms. The number of sulfonamides is 1. The lowest BCUT2D eigenvalue weighted by Crippen LogP contribution is -2.52. The molecule has 3 rings (SSSR count). The number of nitrogens with zero attached hydrogens (tertiary/aromatic N) is 2. The van der Waals surface area contributed by atoms with Crippen LogP contribution in [0.3, 0.4) is 0 Å². The predicted octanol–water partition coefficient (Wildman–Crippen LogP) is 4.22. The molecule has 0 heterocycles. The molecular formula is C29H35N3O5S. The summed E-state index contributed by atoms with van der Waals surface area (Å²) in [5.74, 6) is -0.465. The van der Waals surface area contributed by atoms with Gasteiger partial charge in [0.1, 0.15) is 18.3 Å². The fourth-order valence-electron chi connectivity index (χ4n) is 4.13. The molecule has 0 unspecified atom stereocenters. The van der Waals surface area contributed by atoms with Gasteiger partial charge in [-0.1, -0.05) is 74.5 Å². The number of benzene rings is 3. The lowest BCUT2D eigenvalue weighted by Gasteiger charge is -2.33. The monoisotopic (exact) mass is 537 g/mol. The molecule has 0 aliphatic heterocycles. The van der Waals surface area contributed by atoms with Gasteiger partial charge in [0.05, 0.1) is 17.7 Å². The Kier molecular flexibility index (Phi) is 10.3. The highest BCUT2D eigenvalue weighted by Gasteiger charge is 2.34. The number of hydrogen-bond acceptors (Lipinski definition) is 5. The van der Waals surface area contributed by atoms with Crippen LogP contribution in [0.2, 0.25) is 0 Å². The van der Waals surface area contributed by atoms with E-state index in [-0.39, 0.29) is 23.0 Å². The molecule has 0 saturated carbocycles. The minimum atomic E-state index is -4.15. The van der Waals surface area contributed by atoms with Crippen molar-refractivity contribution in [3.63, 3.8) is 0 Å². The molecular weight excluding hydrogens is 502 g/mol. The van der Waals surface area contributed by atoms with Crippen molar-refractivity contribution in [2.45, 2.75) is 44.2 Å². The molecule has 3 aromatic rings. The van der Waals surface area contributed by atoms with Gasteiger partial charge in [0.15, 0.2) is 0 Å². The Hall–Kier alpha value is -3.85. The number of carbonyl (C=O) groups excluding carboxylic acids is 2. The minimum Gasteiger partial charge on any atom is -0.495 e. The van der Waals surface area contributed by atoms with E-state index in [0.717, 1.165) is 16.3 Å². The number of carbonyl (C=O) groups is 2. The molecule has 0 fully saturated rings. The minimum absolute atomic E-state index is 0.0426. The van der Waals surface area contributed by atoms with Crippen molar-refractivity contribution >= 4 is 27.5 Å². The summed E-state index contributed by atoms with van der Waals surface area (Å²) < 4.78 is 34.2. The van der Waals surface area contributed by atoms with Crippen LogP contribution in [0.1, 0.15) is 32.3 Å². The molecule has 9 heteroatoms. The first-order valence-electron chi connectivity index (χ1n) is 12.6. The molecule has 0 radical (unpaired) electrons. The second kappa shape index (κ2) is 13.6. The van der Waals surface area contributed by atoms with Crippen LogP contribution in [-0.4, -0.2) is 51.4 Å². The van der Waals surface area contributed by atoms with E-state index in [1.54, 1.807) is 42.5 Å². The third-order valence-electron chi connectivity index (χ3n) is 6.09. The van der Waals surface area contributed by atoms with Gasteiger partial charge in [-0.2, -0.15) is 0 Å². The molecule has 3 aromatic carbocycles. The normalized spacial score (nSPS) is 11.9. The van der Waals surface area contributed by atoms with Crippen molar-refractivity contribution in [1.82, 2.24) is 10.2 Å². The zero-order valence-electron chi connectivity index (χ0n) is 22.0. The molecule has 0 aliphatic carbocycles. The van der Waals surface area contributed by atoms with Gasteiger partial charge in [0, 0.05) is 13.1 Å². The molecule has 202 valence electrons. The molecule has 0 aromatic heterocycles. The number of amides is 2. The Morgan fingerprint density at radius 3 is 2.11 bits per heavy atom. The summed E-state index contributed by atoms with van der Waals surface area (Å²) in [7, 11) is -2.70. The van der Waals surface area contributed by atoms with Crippen molar-refractivity contribution in [3.8, 4) is 5.75 Å². The first kappa shape index (κ1) is 28.7. The molecule has 38 heavy (non-hydrogen) atoms. The van der Waals surface area contributed by atoms with Crippen LogP contribution in [0, 0.1) is 0 Å². The van der Waals surface area contributed by atoms with Gasteiger partial charge in [-0.3, -0.25) is 13.9 Å². The molecule has 8 nitrogen and oxygen atoms in total. The van der Waals surface area contributed by atoms with Crippen molar-refractivity contribution in [2.24, 2.45) is 0 Å². The topological polar surface area (TPSA) is 96.0 Å². The average Bonchev–Trinajstić information content (AvgIpc) is 2.95. The maximum Gasteiger partial charge on any atom is 0.264 e. The highest BCUT2D eigenvalue weighted by molar-refractivity contribution is 7.92. The zero-order chi connectivity index (χ0) is 27.5. The fraction of sp³-hybridized carbons (Fsp3) is 0.310. The Labute approximate surface area is 225 Å². The zero-order valence-corrected chi connectivity index (χ0v) is 22.9. The van der Waals surface area contributed by atoms with Crippen molar-refractivity contribution in [2.75, 3.05) is 24.5 Å². The first-order valence-corrected chi connectivity index (χ1v) is 14.1. The van der Waals surface area contributed by atoms with E-state index in [4.69, 9.17) is 4.74 Å². The number of hydrogen-bond donors (Lipinski definition) is 1. The van der Waals surface area contributed by atoms with Crippen molar-refractivity contribution in [3.05, 3.63) is 90.5 Å². The standard InChI is InChI=1S/C29H35N3O5S/c1-4-20-30-29(34)25(5-2)31(21-23-14-8-6-9-15-23)28(33)22-32(26-18-12-13-19-27(26)37-3)38(35,36)24-16-10-7-11-17-24/h6-19,25H,4-5,20-22H2,1-3H3,(H,30,34)/t25-/m0/s1. The Morgan fingerprint density at radius 1 is 0.895 bits per heavy atom. The van der Waals surface area contributed by atoms with Crippen LogP contribution in [0.15, 0.2) is 89.8 Å². The summed E-state index contributed by atoms with van der Waals surface area (Å²) in [4.78, 5) is 28.6. The van der Waals surface area contributed by atoms with E-state index >= 15 is 0 Å². The van der Waals surface area contributed by atoms with E-state index in [9.17, 15) is 18.0 Å². The quantitative estimate of drug-likeness (QED) is 0.352. The number of anilines is 1. The van der Waals surface area contributed by atoms with Gasteiger partial charge in [0.25, 0.3) is 10.0 Å². The number of methoxy groups -OCH3 is 1. The van der Waals surface area contributed by atoms with Crippen molar-refractivity contribution in [1.29, 1.82) is 0 Å². The van der Waals surface area contributed by atoms with Crippen LogP contribution in [-0.2, 0) is 26.2 Å². The van der Waals surface area contributed by atoms with Gasteiger partial charge in [0.2, 0.25) is 11.8 Å². The van der Waals surface area contributed by atoms with Crippen LogP contribution in [0.4, 0.5) is 5.69 Å². The second-order valence-electron chi connectivity index (χ2n) is 8.72. The summed E-state index contributed by atoms with van der Waals surface area (Å²) >= 11 is 0. The fourth-order valence-corrected chi connectivity index (χ4v) is 5.58. The highest BCUT2D eigenvalue weighted by Crippen LogP contribution is 2.32. The largest absolute Gasteiger partial charge is 0.495 e. The highest BCUT2D eigenvalue weighted by atomic mass is 32.2. The van der Waals surface area contributed by atoms with Crippen LogP contribution >= 0.6 is 0 Å². The predicted molar refractivity (Wildman–Crippen MR) is 148 cm³/mol. The number of rotatable bonds is 13. The van der Waals surface area contributed by atoms with E-state index in [2.05, 4.69) is 5.32 Å². The van der Waals surface area contributed by atoms with Gasteiger partial charge in [-0.15, -0.1) is 0 Å². The van der Waals surface area contributed by atoms with Crippen molar-refractivity contribution < 1.29 is 22.7 Å². The number of para-hydroxylation sites is 2. The number of ether oxygens (including phenoxy) is 1. The smallest absolute Gasteiger partial charge is 0.264 e. The summed E-state index contributed by atoms with van der Waals surface area (Å²) in [6.45, 7) is 3.91. The lowest BCUT2D eigenvalue weighted by molar-refractivity contribution is -0.140. The second-order valence-corrected chi connectivity index (χ2v) is 10.6. The lowest BCUT2D eigenvalue weighted by atomic mass is 10.1. The van der Waals surface area contributed by atoms with E-state index in [1.807, 2.05) is 44.2 Å². The average molecular weight is 538 g/mol. The first-order chi connectivity index (χ1) is 18.3. The van der Waals surface area contributed by atoms with Crippen LogP contribution in [0.25, 0.3) is 0 Å². The Balaban J connectivity index is 2.06. The van der Waals surface area contributed by atoms with Gasteiger partial charge in [-0.05, 0) is 42.7 Å². The maximum atomic E-state index is 14.0. The third-order valence-corrected chi connectivity index (χ3v) is 7.87. The molecule has 0 saturated heterocycles. The summed E-state index contributed by atoms with van der Waals surface area (Å²) in [5, 5.41) is 2.88. The van der Waals surface area contributed by atoms with Gasteiger partial charge >= 0.3 is 0 Å². The summed E-state index contributed by atoms with van der Waals surface area (Å²) in [6.07, 6.45) is 1.12. The molecule has 0 bridgehead atoms. The van der Waals surface area contributed by atoms with Crippen LogP contribution in [0.5, 0.6) is 5.75 Å². The van der Waals surface area contributed by atoms with Crippen LogP contribution < -0.4 is 14.4 Å².